The Morgan fingerprint density at radius 1 is 0.500 bits per heavy atom. The fraction of sp³-hybridized carbons (Fsp3) is 0.0370. The van der Waals surface area contributed by atoms with Gasteiger partial charge in [-0.2, -0.15) is 0 Å². The molecule has 0 radical (unpaired) electrons. The smallest absolute Gasteiger partial charge is 0.0458 e. The van der Waals surface area contributed by atoms with E-state index in [-0.39, 0.29) is 0 Å². The summed E-state index contributed by atoms with van der Waals surface area (Å²) in [6, 6.07) is 38.2. The van der Waals surface area contributed by atoms with E-state index in [2.05, 4.69) is 109 Å². The van der Waals surface area contributed by atoms with Gasteiger partial charge in [0.25, 0.3) is 0 Å². The average Bonchev–Trinajstić information content (AvgIpc) is 2.76. The molecule has 0 aliphatic carbocycles. The Morgan fingerprint density at radius 3 is 1.14 bits per heavy atom. The summed E-state index contributed by atoms with van der Waals surface area (Å²) in [6.45, 7) is 6.23. The van der Waals surface area contributed by atoms with Crippen LogP contribution >= 0.6 is 0 Å². The highest BCUT2D eigenvalue weighted by molar-refractivity contribution is 5.74. The number of nitrogens with zero attached hydrogens (tertiary/aromatic N) is 1. The molecule has 4 aromatic carbocycles. The van der Waals surface area contributed by atoms with Crippen LogP contribution in [0.15, 0.2) is 121 Å². The summed E-state index contributed by atoms with van der Waals surface area (Å²) in [4.78, 5) is 2.18. The van der Waals surface area contributed by atoms with Crippen molar-refractivity contribution in [3.05, 3.63) is 121 Å². The van der Waals surface area contributed by atoms with Crippen LogP contribution in [0.4, 0.5) is 11.4 Å². The highest BCUT2D eigenvalue weighted by Gasteiger charge is 2.11. The fourth-order valence-corrected chi connectivity index (χ4v) is 3.46. The Morgan fingerprint density at radius 2 is 0.821 bits per heavy atom. The van der Waals surface area contributed by atoms with Gasteiger partial charge in [0.15, 0.2) is 0 Å². The molecule has 4 aromatic rings. The summed E-state index contributed by atoms with van der Waals surface area (Å²) in [6.07, 6.45) is 0. The maximum Gasteiger partial charge on any atom is 0.0458 e. The van der Waals surface area contributed by atoms with Crippen molar-refractivity contribution >= 4 is 11.4 Å². The quantitative estimate of drug-likeness (QED) is 0.352. The van der Waals surface area contributed by atoms with Crippen molar-refractivity contribution in [1.29, 1.82) is 0 Å². The molecule has 28 heavy (non-hydrogen) atoms. The van der Waals surface area contributed by atoms with Crippen molar-refractivity contribution in [2.45, 2.75) is 6.92 Å². The minimum Gasteiger partial charge on any atom is -0.315 e. The molecule has 0 N–H and O–H groups in total. The first kappa shape index (κ1) is 17.8. The van der Waals surface area contributed by atoms with Gasteiger partial charge in [-0.3, -0.25) is 0 Å². The van der Waals surface area contributed by atoms with E-state index in [0.717, 1.165) is 17.1 Å². The molecule has 0 atom stereocenters. The Labute approximate surface area is 167 Å². The number of anilines is 2. The van der Waals surface area contributed by atoms with E-state index in [9.17, 15) is 0 Å². The molecule has 0 heterocycles. The molecule has 0 unspecified atom stereocenters. The first-order valence-corrected chi connectivity index (χ1v) is 9.49. The molecule has 0 aromatic heterocycles. The van der Waals surface area contributed by atoms with E-state index in [1.54, 1.807) is 0 Å². The summed E-state index contributed by atoms with van der Waals surface area (Å²) in [5, 5.41) is 0. The van der Waals surface area contributed by atoms with Crippen molar-refractivity contribution in [3.8, 4) is 22.3 Å². The van der Waals surface area contributed by atoms with Crippen LogP contribution < -0.4 is 4.90 Å². The van der Waals surface area contributed by atoms with Crippen LogP contribution in [0.3, 0.4) is 0 Å². The van der Waals surface area contributed by atoms with Crippen LogP contribution in [0.5, 0.6) is 0 Å². The molecule has 4 rings (SSSR count). The van der Waals surface area contributed by atoms with Gasteiger partial charge in [-0.25, -0.2) is 0 Å². The predicted molar refractivity (Wildman–Crippen MR) is 121 cm³/mol. The molecule has 1 nitrogen and oxygen atoms in total. The SMILES string of the molecule is C=C(C)N(c1ccc(-c2ccccc2)cc1)c1ccc(-c2ccccc2)cc1. The first-order valence-electron chi connectivity index (χ1n) is 9.49. The lowest BCUT2D eigenvalue weighted by Crippen LogP contribution is -2.13. The summed E-state index contributed by atoms with van der Waals surface area (Å²) >= 11 is 0. The van der Waals surface area contributed by atoms with Crippen molar-refractivity contribution in [1.82, 2.24) is 0 Å². The molecule has 0 aliphatic rings. The fourth-order valence-electron chi connectivity index (χ4n) is 3.46. The lowest BCUT2D eigenvalue weighted by molar-refractivity contribution is 1.17. The maximum absolute atomic E-state index is 4.20. The number of benzene rings is 4. The van der Waals surface area contributed by atoms with Gasteiger partial charge in [-0.15, -0.1) is 0 Å². The monoisotopic (exact) mass is 361 g/mol. The topological polar surface area (TPSA) is 3.24 Å². The zero-order valence-electron chi connectivity index (χ0n) is 16.0. The molecule has 0 fully saturated rings. The molecule has 0 bridgehead atoms. The van der Waals surface area contributed by atoms with Crippen molar-refractivity contribution in [3.63, 3.8) is 0 Å². The Hall–Kier alpha value is -3.58. The van der Waals surface area contributed by atoms with Gasteiger partial charge >= 0.3 is 0 Å². The highest BCUT2D eigenvalue weighted by atomic mass is 15.1. The van der Waals surface area contributed by atoms with E-state index < -0.39 is 0 Å². The number of allylic oxidation sites excluding steroid dienone is 1. The van der Waals surface area contributed by atoms with E-state index in [4.69, 9.17) is 0 Å². The molecule has 136 valence electrons. The Balaban J connectivity index is 1.63. The van der Waals surface area contributed by atoms with E-state index >= 15 is 0 Å². The molecule has 0 spiro atoms. The zero-order chi connectivity index (χ0) is 19.3. The van der Waals surface area contributed by atoms with Gasteiger partial charge in [0.05, 0.1) is 0 Å². The Bertz CT molecular complexity index is 964. The minimum absolute atomic E-state index is 0.986. The molecule has 0 saturated carbocycles. The second-order valence-electron chi connectivity index (χ2n) is 6.90. The van der Waals surface area contributed by atoms with E-state index in [1.165, 1.54) is 22.3 Å². The van der Waals surface area contributed by atoms with Crippen LogP contribution in [0.2, 0.25) is 0 Å². The Kier molecular flexibility index (Phi) is 5.07. The highest BCUT2D eigenvalue weighted by Crippen LogP contribution is 2.32. The van der Waals surface area contributed by atoms with Crippen molar-refractivity contribution in [2.75, 3.05) is 4.90 Å². The first-order chi connectivity index (χ1) is 13.7. The largest absolute Gasteiger partial charge is 0.315 e. The normalized spacial score (nSPS) is 10.5. The van der Waals surface area contributed by atoms with Crippen molar-refractivity contribution in [2.24, 2.45) is 0 Å². The number of hydrogen-bond donors (Lipinski definition) is 0. The summed E-state index contributed by atoms with van der Waals surface area (Å²) < 4.78 is 0. The lowest BCUT2D eigenvalue weighted by atomic mass is 10.0. The summed E-state index contributed by atoms with van der Waals surface area (Å²) in [5.41, 5.74) is 8.08. The molecule has 0 amide bonds. The second-order valence-corrected chi connectivity index (χ2v) is 6.90. The van der Waals surface area contributed by atoms with Gasteiger partial charge in [0.2, 0.25) is 0 Å². The van der Waals surface area contributed by atoms with Gasteiger partial charge in [0, 0.05) is 17.1 Å². The van der Waals surface area contributed by atoms with Crippen LogP contribution in [0.1, 0.15) is 6.92 Å². The summed E-state index contributed by atoms with van der Waals surface area (Å²) in [7, 11) is 0. The predicted octanol–water partition coefficient (Wildman–Crippen LogP) is 7.69. The van der Waals surface area contributed by atoms with Gasteiger partial charge in [-0.1, -0.05) is 91.5 Å². The molecule has 0 aliphatic heterocycles. The average molecular weight is 361 g/mol. The lowest BCUT2D eigenvalue weighted by Gasteiger charge is -2.25. The number of hydrogen-bond acceptors (Lipinski definition) is 1. The number of rotatable bonds is 5. The molecular formula is C27H23N. The maximum atomic E-state index is 4.20. The van der Waals surface area contributed by atoms with Crippen LogP contribution in [-0.4, -0.2) is 0 Å². The van der Waals surface area contributed by atoms with Gasteiger partial charge in [-0.05, 0) is 53.4 Å². The molecular weight excluding hydrogens is 338 g/mol. The minimum atomic E-state index is 0.986. The van der Waals surface area contributed by atoms with Crippen LogP contribution in [-0.2, 0) is 0 Å². The third-order valence-electron chi connectivity index (χ3n) is 4.85. The summed E-state index contributed by atoms with van der Waals surface area (Å²) in [5.74, 6) is 0. The van der Waals surface area contributed by atoms with Crippen LogP contribution in [0, 0.1) is 0 Å². The third kappa shape index (κ3) is 3.74. The van der Waals surface area contributed by atoms with Crippen molar-refractivity contribution < 1.29 is 0 Å². The zero-order valence-corrected chi connectivity index (χ0v) is 16.0. The second kappa shape index (κ2) is 7.98. The van der Waals surface area contributed by atoms with Crippen LogP contribution in [0.25, 0.3) is 22.3 Å². The van der Waals surface area contributed by atoms with E-state index in [0.29, 0.717) is 0 Å². The molecule has 1 heteroatoms. The molecule has 0 saturated heterocycles. The standard InChI is InChI=1S/C27H23N/c1-21(2)28(26-17-13-24(14-18-26)22-9-5-3-6-10-22)27-19-15-25(16-20-27)23-11-7-4-8-12-23/h3-20H,1H2,2H3. The van der Waals surface area contributed by atoms with E-state index in [1.807, 2.05) is 19.1 Å². The van der Waals surface area contributed by atoms with Gasteiger partial charge < -0.3 is 4.90 Å². The van der Waals surface area contributed by atoms with Gasteiger partial charge in [0.1, 0.15) is 0 Å². The third-order valence-corrected chi connectivity index (χ3v) is 4.85.